The van der Waals surface area contributed by atoms with Crippen LogP contribution in [0.25, 0.3) is 0 Å². The van der Waals surface area contributed by atoms with Crippen molar-refractivity contribution < 1.29 is 14.1 Å². The van der Waals surface area contributed by atoms with E-state index in [4.69, 9.17) is 9.26 Å². The maximum atomic E-state index is 12.5. The third-order valence-electron chi connectivity index (χ3n) is 3.53. The highest BCUT2D eigenvalue weighted by Gasteiger charge is 2.26. The molecule has 1 aliphatic heterocycles. The number of methoxy groups -OCH3 is 1. The molecule has 0 aromatic carbocycles. The van der Waals surface area contributed by atoms with E-state index in [-0.39, 0.29) is 11.9 Å². The summed E-state index contributed by atoms with van der Waals surface area (Å²) in [5.41, 5.74) is 0.351. The van der Waals surface area contributed by atoms with Crippen molar-refractivity contribution in [3.8, 4) is 0 Å². The van der Waals surface area contributed by atoms with Crippen LogP contribution in [0.1, 0.15) is 42.9 Å². The zero-order chi connectivity index (χ0) is 14.5. The van der Waals surface area contributed by atoms with Crippen LogP contribution >= 0.6 is 0 Å². The Kier molecular flexibility index (Phi) is 5.14. The molecule has 1 atom stereocenters. The van der Waals surface area contributed by atoms with E-state index in [0.29, 0.717) is 30.6 Å². The molecule has 0 radical (unpaired) electrons. The number of nitrogens with zero attached hydrogens (tertiary/aromatic N) is 2. The molecule has 1 aliphatic rings. The van der Waals surface area contributed by atoms with Gasteiger partial charge in [0, 0.05) is 31.8 Å². The third kappa shape index (κ3) is 3.58. The summed E-state index contributed by atoms with van der Waals surface area (Å²) in [6, 6.07) is 2.17. The Labute approximate surface area is 119 Å². The van der Waals surface area contributed by atoms with Crippen LogP contribution in [0, 0.1) is 0 Å². The minimum absolute atomic E-state index is 0.0835. The van der Waals surface area contributed by atoms with Gasteiger partial charge in [-0.3, -0.25) is 4.79 Å². The van der Waals surface area contributed by atoms with Gasteiger partial charge in [0.2, 0.25) is 0 Å². The maximum Gasteiger partial charge on any atom is 0.276 e. The van der Waals surface area contributed by atoms with Crippen molar-refractivity contribution in [3.05, 3.63) is 17.5 Å². The van der Waals surface area contributed by atoms with Crippen LogP contribution in [-0.4, -0.2) is 48.2 Å². The summed E-state index contributed by atoms with van der Waals surface area (Å²) in [5.74, 6) is 0.485. The quantitative estimate of drug-likeness (QED) is 0.854. The molecule has 112 valence electrons. The molecule has 6 heteroatoms. The number of amides is 1. The molecule has 1 aromatic heterocycles. The Morgan fingerprint density at radius 3 is 3.05 bits per heavy atom. The van der Waals surface area contributed by atoms with Gasteiger partial charge in [0.15, 0.2) is 11.5 Å². The fraction of sp³-hybridized carbons (Fsp3) is 0.714. The van der Waals surface area contributed by atoms with E-state index >= 15 is 0 Å². The number of nitrogens with one attached hydrogen (secondary N) is 1. The third-order valence-corrected chi connectivity index (χ3v) is 3.53. The number of rotatable bonds is 6. The summed E-state index contributed by atoms with van der Waals surface area (Å²) >= 11 is 0. The van der Waals surface area contributed by atoms with Crippen LogP contribution in [0.15, 0.2) is 10.6 Å². The van der Waals surface area contributed by atoms with Crippen molar-refractivity contribution in [3.63, 3.8) is 0 Å². The predicted molar refractivity (Wildman–Crippen MR) is 74.4 cm³/mol. The van der Waals surface area contributed by atoms with Gasteiger partial charge in [0.05, 0.1) is 0 Å². The Morgan fingerprint density at radius 2 is 2.45 bits per heavy atom. The molecule has 1 N–H and O–H groups in total. The molecule has 0 saturated carbocycles. The number of ether oxygens (including phenoxy) is 1. The number of hydrogen-bond donors (Lipinski definition) is 1. The zero-order valence-electron chi connectivity index (χ0n) is 12.4. The molecule has 20 heavy (non-hydrogen) atoms. The molecule has 2 rings (SSSR count). The second-order valence-corrected chi connectivity index (χ2v) is 5.46. The summed E-state index contributed by atoms with van der Waals surface area (Å²) in [4.78, 5) is 14.4. The molecule has 2 heterocycles. The zero-order valence-corrected chi connectivity index (χ0v) is 12.4. The van der Waals surface area contributed by atoms with Crippen LogP contribution in [0.3, 0.4) is 0 Å². The minimum atomic E-state index is -0.0835. The summed E-state index contributed by atoms with van der Waals surface area (Å²) in [5, 5.41) is 7.26. The molecule has 1 fully saturated rings. The number of carbonyl (C=O) groups is 1. The highest BCUT2D eigenvalue weighted by Crippen LogP contribution is 2.14. The highest BCUT2D eigenvalue weighted by molar-refractivity contribution is 5.92. The molecule has 1 unspecified atom stereocenters. The Bertz CT molecular complexity index is 439. The minimum Gasteiger partial charge on any atom is -0.377 e. The first-order valence-electron chi connectivity index (χ1n) is 7.10. The number of aromatic nitrogens is 1. The van der Waals surface area contributed by atoms with Crippen LogP contribution in [0.5, 0.6) is 0 Å². The summed E-state index contributed by atoms with van der Waals surface area (Å²) in [6.45, 7) is 6.11. The van der Waals surface area contributed by atoms with E-state index in [0.717, 1.165) is 13.0 Å². The van der Waals surface area contributed by atoms with Gasteiger partial charge in [0.1, 0.15) is 6.61 Å². The van der Waals surface area contributed by atoms with E-state index in [1.165, 1.54) is 6.42 Å². The van der Waals surface area contributed by atoms with Crippen molar-refractivity contribution >= 4 is 5.91 Å². The fourth-order valence-corrected chi connectivity index (χ4v) is 2.45. The van der Waals surface area contributed by atoms with Crippen molar-refractivity contribution in [2.24, 2.45) is 0 Å². The van der Waals surface area contributed by atoms with Gasteiger partial charge in [-0.1, -0.05) is 5.16 Å². The Balaban J connectivity index is 2.04. The summed E-state index contributed by atoms with van der Waals surface area (Å²) < 4.78 is 10.1. The molecule has 1 aromatic rings. The fourth-order valence-electron chi connectivity index (χ4n) is 2.45. The lowest BCUT2D eigenvalue weighted by Gasteiger charge is -2.28. The van der Waals surface area contributed by atoms with Crippen molar-refractivity contribution in [1.29, 1.82) is 0 Å². The highest BCUT2D eigenvalue weighted by atomic mass is 16.5. The lowest BCUT2D eigenvalue weighted by atomic mass is 10.1. The first kappa shape index (κ1) is 15.0. The van der Waals surface area contributed by atoms with Crippen LogP contribution in [0.4, 0.5) is 0 Å². The number of hydrogen-bond acceptors (Lipinski definition) is 5. The van der Waals surface area contributed by atoms with Gasteiger partial charge in [-0.05, 0) is 33.2 Å². The van der Waals surface area contributed by atoms with Gasteiger partial charge in [-0.25, -0.2) is 0 Å². The van der Waals surface area contributed by atoms with Gasteiger partial charge in [-0.2, -0.15) is 0 Å². The Morgan fingerprint density at radius 1 is 1.65 bits per heavy atom. The van der Waals surface area contributed by atoms with Crippen molar-refractivity contribution in [2.75, 3.05) is 20.2 Å². The normalized spacial score (nSPS) is 18.7. The van der Waals surface area contributed by atoms with Crippen molar-refractivity contribution in [1.82, 2.24) is 15.4 Å². The second-order valence-electron chi connectivity index (χ2n) is 5.46. The molecular formula is C14H23N3O3. The molecular weight excluding hydrogens is 258 g/mol. The van der Waals surface area contributed by atoms with Gasteiger partial charge in [0.25, 0.3) is 5.91 Å². The molecule has 1 amide bonds. The lowest BCUT2D eigenvalue weighted by Crippen LogP contribution is -2.44. The predicted octanol–water partition coefficient (Wildman–Crippen LogP) is 1.42. The van der Waals surface area contributed by atoms with Gasteiger partial charge >= 0.3 is 0 Å². The van der Waals surface area contributed by atoms with E-state index in [1.807, 2.05) is 18.7 Å². The van der Waals surface area contributed by atoms with Crippen LogP contribution < -0.4 is 5.32 Å². The van der Waals surface area contributed by atoms with E-state index in [9.17, 15) is 4.79 Å². The van der Waals surface area contributed by atoms with Gasteiger partial charge < -0.3 is 19.5 Å². The topological polar surface area (TPSA) is 67.6 Å². The summed E-state index contributed by atoms with van der Waals surface area (Å²) in [7, 11) is 1.58. The number of carbonyl (C=O) groups excluding carboxylic acids is 1. The maximum absolute atomic E-state index is 12.5. The molecule has 0 bridgehead atoms. The van der Waals surface area contributed by atoms with Crippen LogP contribution in [0.2, 0.25) is 0 Å². The molecule has 0 spiro atoms. The smallest absolute Gasteiger partial charge is 0.276 e. The first-order chi connectivity index (χ1) is 9.61. The van der Waals surface area contributed by atoms with Gasteiger partial charge in [-0.15, -0.1) is 0 Å². The SMILES string of the molecule is COCc1cc(C(=O)N(CC2CCCN2)C(C)C)no1. The Hall–Kier alpha value is -1.40. The molecule has 1 saturated heterocycles. The van der Waals surface area contributed by atoms with Crippen molar-refractivity contribution in [2.45, 2.75) is 45.4 Å². The van der Waals surface area contributed by atoms with E-state index < -0.39 is 0 Å². The van der Waals surface area contributed by atoms with Crippen LogP contribution in [-0.2, 0) is 11.3 Å². The van der Waals surface area contributed by atoms with E-state index in [2.05, 4.69) is 10.5 Å². The molecule has 6 nitrogen and oxygen atoms in total. The molecule has 0 aliphatic carbocycles. The largest absolute Gasteiger partial charge is 0.377 e. The average molecular weight is 281 g/mol. The standard InChI is InChI=1S/C14H23N3O3/c1-10(2)17(8-11-5-4-6-15-11)14(18)13-7-12(9-19-3)20-16-13/h7,10-11,15H,4-6,8-9H2,1-3H3. The van der Waals surface area contributed by atoms with E-state index in [1.54, 1.807) is 13.2 Å². The summed E-state index contributed by atoms with van der Waals surface area (Å²) in [6.07, 6.45) is 2.29. The first-order valence-corrected chi connectivity index (χ1v) is 7.10. The lowest BCUT2D eigenvalue weighted by molar-refractivity contribution is 0.0678. The second kappa shape index (κ2) is 6.85. The average Bonchev–Trinajstić information content (AvgIpc) is 3.06. The monoisotopic (exact) mass is 281 g/mol.